The predicted octanol–water partition coefficient (Wildman–Crippen LogP) is 2.40. The Morgan fingerprint density at radius 2 is 1.57 bits per heavy atom. The van der Waals surface area contributed by atoms with Crippen molar-refractivity contribution >= 4 is 11.1 Å². The lowest BCUT2D eigenvalue weighted by molar-refractivity contribution is 0.101. The van der Waals surface area contributed by atoms with Gasteiger partial charge < -0.3 is 18.6 Å². The van der Waals surface area contributed by atoms with Crippen molar-refractivity contribution in [3.63, 3.8) is 0 Å². The molecule has 1 aromatic heterocycles. The van der Waals surface area contributed by atoms with E-state index in [2.05, 4.69) is 9.80 Å². The Hall–Kier alpha value is -2.97. The van der Waals surface area contributed by atoms with Gasteiger partial charge in [-0.1, -0.05) is 18.2 Å². The van der Waals surface area contributed by atoms with Crippen LogP contribution < -0.4 is 20.0 Å². The molecular weight excluding hydrogens is 386 g/mol. The molecule has 0 radical (unpaired) electrons. The number of fused-ring (bicyclic) bond motifs is 1. The summed E-state index contributed by atoms with van der Waals surface area (Å²) in [5.74, 6) is 1.66. The first-order chi connectivity index (χ1) is 14.6. The van der Waals surface area contributed by atoms with Gasteiger partial charge >= 0.3 is 5.76 Å². The average Bonchev–Trinajstić information content (AvgIpc) is 3.09. The van der Waals surface area contributed by atoms with Crippen molar-refractivity contribution in [3.8, 4) is 17.2 Å². The van der Waals surface area contributed by atoms with Crippen LogP contribution in [0.25, 0.3) is 11.1 Å². The smallest absolute Gasteiger partial charge is 0.421 e. The number of aromatic nitrogens is 1. The van der Waals surface area contributed by atoms with Gasteiger partial charge in [0.2, 0.25) is 5.75 Å². The van der Waals surface area contributed by atoms with E-state index in [4.69, 9.17) is 18.6 Å². The molecule has 0 unspecified atom stereocenters. The highest BCUT2D eigenvalue weighted by Gasteiger charge is 2.22. The molecule has 2 aromatic carbocycles. The molecule has 0 bridgehead atoms. The van der Waals surface area contributed by atoms with E-state index in [1.807, 2.05) is 36.4 Å². The van der Waals surface area contributed by atoms with Gasteiger partial charge in [0.15, 0.2) is 17.1 Å². The van der Waals surface area contributed by atoms with Crippen molar-refractivity contribution in [2.45, 2.75) is 13.2 Å². The first-order valence-corrected chi connectivity index (χ1v) is 9.95. The topological polar surface area (TPSA) is 69.3 Å². The van der Waals surface area contributed by atoms with Crippen molar-refractivity contribution < 1.29 is 18.6 Å². The van der Waals surface area contributed by atoms with Gasteiger partial charge in [-0.05, 0) is 18.2 Å². The molecule has 30 heavy (non-hydrogen) atoms. The summed E-state index contributed by atoms with van der Waals surface area (Å²) in [6.45, 7) is 4.79. The van der Waals surface area contributed by atoms with Crippen molar-refractivity contribution in [2.24, 2.45) is 0 Å². The number of para-hydroxylation sites is 2. The number of oxazole rings is 1. The number of hydrogen-bond acceptors (Lipinski definition) is 7. The van der Waals surface area contributed by atoms with Gasteiger partial charge in [-0.2, -0.15) is 0 Å². The van der Waals surface area contributed by atoms with Crippen LogP contribution in [-0.4, -0.2) is 61.9 Å². The molecule has 1 aliphatic rings. The van der Waals surface area contributed by atoms with E-state index < -0.39 is 0 Å². The first kappa shape index (κ1) is 20.3. The van der Waals surface area contributed by atoms with Gasteiger partial charge in [-0.3, -0.25) is 14.4 Å². The zero-order chi connectivity index (χ0) is 21.1. The maximum atomic E-state index is 12.2. The lowest BCUT2D eigenvalue weighted by Crippen LogP contribution is -2.47. The van der Waals surface area contributed by atoms with Crippen LogP contribution in [0.5, 0.6) is 17.2 Å². The Balaban J connectivity index is 1.42. The number of piperazine rings is 1. The van der Waals surface area contributed by atoms with E-state index in [0.717, 1.165) is 43.8 Å². The summed E-state index contributed by atoms with van der Waals surface area (Å²) in [7, 11) is 4.88. The van der Waals surface area contributed by atoms with E-state index in [-0.39, 0.29) is 5.76 Å². The Bertz CT molecular complexity index is 1070. The molecule has 0 amide bonds. The molecule has 0 spiro atoms. The van der Waals surface area contributed by atoms with Crippen molar-refractivity contribution in [1.82, 2.24) is 14.4 Å². The molecular formula is C22H27N3O5. The summed E-state index contributed by atoms with van der Waals surface area (Å²) in [5.41, 5.74) is 2.52. The summed E-state index contributed by atoms with van der Waals surface area (Å²) in [5, 5.41) is 0. The van der Waals surface area contributed by atoms with E-state index in [1.165, 1.54) is 0 Å². The predicted molar refractivity (Wildman–Crippen MR) is 113 cm³/mol. The van der Waals surface area contributed by atoms with Gasteiger partial charge in [-0.15, -0.1) is 0 Å². The monoisotopic (exact) mass is 413 g/mol. The molecule has 4 rings (SSSR count). The van der Waals surface area contributed by atoms with Gasteiger partial charge in [0.1, 0.15) is 0 Å². The van der Waals surface area contributed by atoms with Crippen molar-refractivity contribution in [1.29, 1.82) is 0 Å². The maximum absolute atomic E-state index is 12.2. The van der Waals surface area contributed by atoms with Gasteiger partial charge in [0.25, 0.3) is 0 Å². The first-order valence-electron chi connectivity index (χ1n) is 9.95. The molecule has 8 heteroatoms. The number of rotatable bonds is 7. The van der Waals surface area contributed by atoms with E-state index in [9.17, 15) is 4.79 Å². The molecule has 8 nitrogen and oxygen atoms in total. The molecule has 3 aromatic rings. The van der Waals surface area contributed by atoms with Crippen LogP contribution in [-0.2, 0) is 13.2 Å². The van der Waals surface area contributed by atoms with Gasteiger partial charge in [0, 0.05) is 38.3 Å². The third-order valence-electron chi connectivity index (χ3n) is 5.56. The van der Waals surface area contributed by atoms with Gasteiger partial charge in [-0.25, -0.2) is 4.79 Å². The van der Waals surface area contributed by atoms with Gasteiger partial charge in [0.05, 0.1) is 33.5 Å². The Morgan fingerprint density at radius 1 is 0.867 bits per heavy atom. The SMILES string of the molecule is COc1ccc(CN2CCN(Cn3c(=O)oc4ccccc43)CC2)c(OC)c1OC. The quantitative estimate of drug-likeness (QED) is 0.589. The molecule has 1 aliphatic heterocycles. The summed E-state index contributed by atoms with van der Waals surface area (Å²) in [6.07, 6.45) is 0. The lowest BCUT2D eigenvalue weighted by Gasteiger charge is -2.34. The summed E-state index contributed by atoms with van der Waals surface area (Å²) >= 11 is 0. The largest absolute Gasteiger partial charge is 0.493 e. The molecule has 2 heterocycles. The third-order valence-corrected chi connectivity index (χ3v) is 5.56. The standard InChI is InChI=1S/C22H27N3O5/c1-27-19-9-8-16(20(28-2)21(19)29-3)14-23-10-12-24(13-11-23)15-25-17-6-4-5-7-18(17)30-22(25)26/h4-9H,10-15H2,1-3H3. The summed E-state index contributed by atoms with van der Waals surface area (Å²) < 4.78 is 23.5. The maximum Gasteiger partial charge on any atom is 0.421 e. The molecule has 0 aliphatic carbocycles. The third kappa shape index (κ3) is 3.88. The average molecular weight is 413 g/mol. The van der Waals surface area contributed by atoms with Crippen LogP contribution in [0.3, 0.4) is 0 Å². The minimum absolute atomic E-state index is 0.311. The molecule has 0 N–H and O–H groups in total. The fourth-order valence-electron chi connectivity index (χ4n) is 3.97. The van der Waals surface area contributed by atoms with Crippen molar-refractivity contribution in [3.05, 3.63) is 52.5 Å². The number of methoxy groups -OCH3 is 3. The summed E-state index contributed by atoms with van der Waals surface area (Å²) in [6, 6.07) is 11.5. The highest BCUT2D eigenvalue weighted by molar-refractivity contribution is 5.72. The van der Waals surface area contributed by atoms with Crippen LogP contribution in [0.4, 0.5) is 0 Å². The van der Waals surface area contributed by atoms with E-state index in [1.54, 1.807) is 25.9 Å². The number of hydrogen-bond donors (Lipinski definition) is 0. The second kappa shape index (κ2) is 8.81. The Labute approximate surface area is 175 Å². The van der Waals surface area contributed by atoms with E-state index >= 15 is 0 Å². The van der Waals surface area contributed by atoms with Crippen LogP contribution in [0.2, 0.25) is 0 Å². The molecule has 1 fully saturated rings. The highest BCUT2D eigenvalue weighted by atomic mass is 16.5. The zero-order valence-electron chi connectivity index (χ0n) is 17.6. The minimum Gasteiger partial charge on any atom is -0.493 e. The lowest BCUT2D eigenvalue weighted by atomic mass is 10.1. The second-order valence-electron chi connectivity index (χ2n) is 7.29. The molecule has 0 saturated carbocycles. The molecule has 0 atom stereocenters. The highest BCUT2D eigenvalue weighted by Crippen LogP contribution is 2.40. The number of benzene rings is 2. The van der Waals surface area contributed by atoms with Crippen LogP contribution >= 0.6 is 0 Å². The summed E-state index contributed by atoms with van der Waals surface area (Å²) in [4.78, 5) is 16.9. The van der Waals surface area contributed by atoms with Crippen LogP contribution in [0.1, 0.15) is 5.56 Å². The Kier molecular flexibility index (Phi) is 5.96. The zero-order valence-corrected chi connectivity index (χ0v) is 17.6. The number of ether oxygens (including phenoxy) is 3. The minimum atomic E-state index is -0.311. The van der Waals surface area contributed by atoms with E-state index in [0.29, 0.717) is 29.5 Å². The van der Waals surface area contributed by atoms with Crippen LogP contribution in [0.15, 0.2) is 45.6 Å². The Morgan fingerprint density at radius 3 is 2.27 bits per heavy atom. The fraction of sp³-hybridized carbons (Fsp3) is 0.409. The number of nitrogens with zero attached hydrogens (tertiary/aromatic N) is 3. The molecule has 160 valence electrons. The normalized spacial score (nSPS) is 15.4. The molecule has 1 saturated heterocycles. The van der Waals surface area contributed by atoms with Crippen LogP contribution in [0, 0.1) is 0 Å². The van der Waals surface area contributed by atoms with Crippen molar-refractivity contribution in [2.75, 3.05) is 47.5 Å². The fourth-order valence-corrected chi connectivity index (χ4v) is 3.97. The second-order valence-corrected chi connectivity index (χ2v) is 7.29.